The van der Waals surface area contributed by atoms with Gasteiger partial charge in [0.05, 0.1) is 18.7 Å². The first-order valence-corrected chi connectivity index (χ1v) is 8.04. The Kier molecular flexibility index (Phi) is 3.85. The minimum Gasteiger partial charge on any atom is -0.378 e. The van der Waals surface area contributed by atoms with E-state index in [2.05, 4.69) is 4.90 Å². The molecule has 0 atom stereocenters. The lowest BCUT2D eigenvalue weighted by molar-refractivity contribution is 0.122. The Hall–Kier alpha value is -2.17. The Morgan fingerprint density at radius 3 is 2.52 bits per heavy atom. The molecule has 0 aliphatic carbocycles. The van der Waals surface area contributed by atoms with Crippen LogP contribution in [0.25, 0.3) is 22.3 Å². The summed E-state index contributed by atoms with van der Waals surface area (Å²) in [5.74, 6) is 1.67. The molecule has 0 N–H and O–H groups in total. The van der Waals surface area contributed by atoms with Crippen molar-refractivity contribution in [2.24, 2.45) is 0 Å². The summed E-state index contributed by atoms with van der Waals surface area (Å²) in [7, 11) is 0. The Bertz CT molecular complexity index is 832. The molecule has 1 aliphatic rings. The molecule has 0 bridgehead atoms. The van der Waals surface area contributed by atoms with Crippen molar-refractivity contribution in [1.29, 1.82) is 0 Å². The van der Waals surface area contributed by atoms with Crippen LogP contribution in [0.15, 0.2) is 48.5 Å². The van der Waals surface area contributed by atoms with Crippen LogP contribution in [-0.2, 0) is 4.74 Å². The number of ether oxygens (including phenoxy) is 1. The van der Waals surface area contributed by atoms with Crippen LogP contribution in [0.4, 0.5) is 5.82 Å². The number of nitrogens with zero attached hydrogens (tertiary/aromatic N) is 3. The average molecular weight is 326 g/mol. The summed E-state index contributed by atoms with van der Waals surface area (Å²) in [6.45, 7) is 3.08. The highest BCUT2D eigenvalue weighted by Crippen LogP contribution is 2.30. The first kappa shape index (κ1) is 14.4. The molecule has 4 rings (SSSR count). The molecule has 2 heterocycles. The predicted molar refractivity (Wildman–Crippen MR) is 93.0 cm³/mol. The molecule has 3 aromatic rings. The molecule has 1 aliphatic heterocycles. The number of anilines is 1. The van der Waals surface area contributed by atoms with Crippen molar-refractivity contribution in [3.63, 3.8) is 0 Å². The first-order chi connectivity index (χ1) is 11.3. The fourth-order valence-electron chi connectivity index (χ4n) is 2.82. The molecule has 1 fully saturated rings. The fourth-order valence-corrected chi connectivity index (χ4v) is 2.99. The maximum Gasteiger partial charge on any atom is 0.162 e. The summed E-state index contributed by atoms with van der Waals surface area (Å²) in [4.78, 5) is 11.8. The molecule has 116 valence electrons. The van der Waals surface area contributed by atoms with E-state index in [1.54, 1.807) is 0 Å². The number of rotatable bonds is 2. The van der Waals surface area contributed by atoms with Crippen LogP contribution < -0.4 is 4.90 Å². The second-order valence-corrected chi connectivity index (χ2v) is 5.93. The van der Waals surface area contributed by atoms with Crippen molar-refractivity contribution in [2.45, 2.75) is 0 Å². The van der Waals surface area contributed by atoms with E-state index >= 15 is 0 Å². The van der Waals surface area contributed by atoms with E-state index in [-0.39, 0.29) is 0 Å². The van der Waals surface area contributed by atoms with Gasteiger partial charge in [0, 0.05) is 29.1 Å². The standard InChI is InChI=1S/C18H16ClN3O/c19-14-6-7-16-15(12-14)18(22-8-10-23-11-9-22)21-17(20-16)13-4-2-1-3-5-13/h1-7,12H,8-11H2. The highest BCUT2D eigenvalue weighted by molar-refractivity contribution is 6.31. The van der Waals surface area contributed by atoms with Crippen LogP contribution in [0.5, 0.6) is 0 Å². The Morgan fingerprint density at radius 2 is 1.74 bits per heavy atom. The average Bonchev–Trinajstić information content (AvgIpc) is 2.62. The number of morpholine rings is 1. The van der Waals surface area contributed by atoms with Gasteiger partial charge in [0.15, 0.2) is 5.82 Å². The van der Waals surface area contributed by atoms with E-state index < -0.39 is 0 Å². The summed E-state index contributed by atoms with van der Waals surface area (Å²) in [6.07, 6.45) is 0. The van der Waals surface area contributed by atoms with E-state index in [0.29, 0.717) is 18.2 Å². The highest BCUT2D eigenvalue weighted by Gasteiger charge is 2.18. The summed E-state index contributed by atoms with van der Waals surface area (Å²) < 4.78 is 5.46. The third kappa shape index (κ3) is 2.87. The van der Waals surface area contributed by atoms with Crippen LogP contribution in [0.1, 0.15) is 0 Å². The molecule has 5 heteroatoms. The molecule has 0 unspecified atom stereocenters. The van der Waals surface area contributed by atoms with Crippen molar-refractivity contribution in [1.82, 2.24) is 9.97 Å². The molecule has 4 nitrogen and oxygen atoms in total. The smallest absolute Gasteiger partial charge is 0.162 e. The monoisotopic (exact) mass is 325 g/mol. The summed E-state index contributed by atoms with van der Waals surface area (Å²) in [5, 5.41) is 1.68. The van der Waals surface area contributed by atoms with Gasteiger partial charge in [-0.05, 0) is 18.2 Å². The van der Waals surface area contributed by atoms with Crippen molar-refractivity contribution >= 4 is 28.3 Å². The van der Waals surface area contributed by atoms with Crippen LogP contribution in [0.3, 0.4) is 0 Å². The summed E-state index contributed by atoms with van der Waals surface area (Å²) in [5.41, 5.74) is 1.92. The molecule has 1 saturated heterocycles. The molecular formula is C18H16ClN3O. The van der Waals surface area contributed by atoms with E-state index in [1.807, 2.05) is 48.5 Å². The lowest BCUT2D eigenvalue weighted by Gasteiger charge is -2.29. The van der Waals surface area contributed by atoms with Gasteiger partial charge in [-0.25, -0.2) is 9.97 Å². The summed E-state index contributed by atoms with van der Waals surface area (Å²) in [6, 6.07) is 15.8. The minimum atomic E-state index is 0.697. The van der Waals surface area contributed by atoms with E-state index in [1.165, 1.54) is 0 Å². The topological polar surface area (TPSA) is 38.2 Å². The van der Waals surface area contributed by atoms with Crippen LogP contribution in [0, 0.1) is 0 Å². The van der Waals surface area contributed by atoms with E-state index in [0.717, 1.165) is 41.2 Å². The second-order valence-electron chi connectivity index (χ2n) is 5.50. The van der Waals surface area contributed by atoms with Gasteiger partial charge < -0.3 is 9.64 Å². The summed E-state index contributed by atoms with van der Waals surface area (Å²) >= 11 is 6.19. The van der Waals surface area contributed by atoms with Gasteiger partial charge in [0.25, 0.3) is 0 Å². The molecule has 0 radical (unpaired) electrons. The van der Waals surface area contributed by atoms with Crippen molar-refractivity contribution < 1.29 is 4.74 Å². The number of halogens is 1. The minimum absolute atomic E-state index is 0.697. The van der Waals surface area contributed by atoms with Gasteiger partial charge in [-0.15, -0.1) is 0 Å². The third-order valence-electron chi connectivity index (χ3n) is 3.98. The van der Waals surface area contributed by atoms with Crippen molar-refractivity contribution in [3.05, 3.63) is 53.6 Å². The van der Waals surface area contributed by atoms with E-state index in [4.69, 9.17) is 26.3 Å². The lowest BCUT2D eigenvalue weighted by Crippen LogP contribution is -2.37. The van der Waals surface area contributed by atoms with Gasteiger partial charge >= 0.3 is 0 Å². The third-order valence-corrected chi connectivity index (χ3v) is 4.22. The maximum absolute atomic E-state index is 6.19. The maximum atomic E-state index is 6.19. The molecule has 0 saturated carbocycles. The molecule has 2 aromatic carbocycles. The Labute approximate surface area is 139 Å². The zero-order chi connectivity index (χ0) is 15.6. The zero-order valence-electron chi connectivity index (χ0n) is 12.6. The number of aromatic nitrogens is 2. The van der Waals surface area contributed by atoms with Gasteiger partial charge in [-0.2, -0.15) is 0 Å². The van der Waals surface area contributed by atoms with Crippen LogP contribution in [0.2, 0.25) is 5.02 Å². The van der Waals surface area contributed by atoms with E-state index in [9.17, 15) is 0 Å². The van der Waals surface area contributed by atoms with Gasteiger partial charge in [-0.3, -0.25) is 0 Å². The largest absolute Gasteiger partial charge is 0.378 e. The lowest BCUT2D eigenvalue weighted by atomic mass is 10.1. The van der Waals surface area contributed by atoms with Gasteiger partial charge in [0.2, 0.25) is 0 Å². The van der Waals surface area contributed by atoms with Crippen LogP contribution >= 0.6 is 11.6 Å². The fraction of sp³-hybridized carbons (Fsp3) is 0.222. The highest BCUT2D eigenvalue weighted by atomic mass is 35.5. The SMILES string of the molecule is Clc1ccc2nc(-c3ccccc3)nc(N3CCOCC3)c2c1. The number of fused-ring (bicyclic) bond motifs is 1. The van der Waals surface area contributed by atoms with Gasteiger partial charge in [0.1, 0.15) is 5.82 Å². The van der Waals surface area contributed by atoms with Crippen molar-refractivity contribution in [3.8, 4) is 11.4 Å². The number of hydrogen-bond donors (Lipinski definition) is 0. The normalized spacial score (nSPS) is 15.1. The first-order valence-electron chi connectivity index (χ1n) is 7.67. The van der Waals surface area contributed by atoms with Crippen LogP contribution in [-0.4, -0.2) is 36.3 Å². The van der Waals surface area contributed by atoms with Gasteiger partial charge in [-0.1, -0.05) is 41.9 Å². The zero-order valence-corrected chi connectivity index (χ0v) is 13.3. The molecule has 1 aromatic heterocycles. The van der Waals surface area contributed by atoms with Crippen molar-refractivity contribution in [2.75, 3.05) is 31.2 Å². The number of hydrogen-bond acceptors (Lipinski definition) is 4. The Morgan fingerprint density at radius 1 is 0.957 bits per heavy atom. The number of benzene rings is 2. The quantitative estimate of drug-likeness (QED) is 0.718. The Balaban J connectivity index is 1.91. The molecule has 0 spiro atoms. The second kappa shape index (κ2) is 6.14. The molecule has 23 heavy (non-hydrogen) atoms. The predicted octanol–water partition coefficient (Wildman–Crippen LogP) is 3.79. The molecular weight excluding hydrogens is 310 g/mol. The molecule has 0 amide bonds.